The van der Waals surface area contributed by atoms with Gasteiger partial charge >= 0.3 is 6.18 Å². The van der Waals surface area contributed by atoms with Crippen molar-refractivity contribution < 1.29 is 26.0 Å². The zero-order chi connectivity index (χ0) is 22.1. The minimum absolute atomic E-state index is 0.0395. The number of hydrogen-bond acceptors (Lipinski definition) is 5. The fraction of sp³-hybridized carbons (Fsp3) is 0.158. The van der Waals surface area contributed by atoms with Gasteiger partial charge in [-0.15, -0.1) is 0 Å². The van der Waals surface area contributed by atoms with Crippen LogP contribution >= 0.6 is 0 Å². The summed E-state index contributed by atoms with van der Waals surface area (Å²) in [6.07, 6.45) is -2.56. The first-order chi connectivity index (χ1) is 13.9. The molecule has 0 saturated carbocycles. The van der Waals surface area contributed by atoms with Crippen LogP contribution in [0.4, 0.5) is 28.9 Å². The molecule has 0 radical (unpaired) electrons. The Morgan fingerprint density at radius 2 is 1.63 bits per heavy atom. The maximum absolute atomic E-state index is 13.2. The molecule has 3 aromatic rings. The standard InChI is InChI=1S/C19H15F4N3O3S/c1-30(28,29)15-8-2-12(3-9-15)16-10-24-26(11-19(21,22)23)18(27)17(16)25-14-6-4-13(20)5-7-14/h2-10,25H,11H2,1H3. The zero-order valence-electron chi connectivity index (χ0n) is 15.4. The largest absolute Gasteiger partial charge is 0.408 e. The van der Waals surface area contributed by atoms with E-state index >= 15 is 0 Å². The van der Waals surface area contributed by atoms with Crippen LogP contribution in [-0.2, 0) is 16.4 Å². The molecule has 1 heterocycles. The van der Waals surface area contributed by atoms with Crippen LogP contribution < -0.4 is 10.9 Å². The maximum Gasteiger partial charge on any atom is 0.408 e. The molecule has 0 saturated heterocycles. The van der Waals surface area contributed by atoms with E-state index in [2.05, 4.69) is 10.4 Å². The molecule has 1 aromatic heterocycles. The third-order valence-corrected chi connectivity index (χ3v) is 5.21. The molecule has 0 aliphatic rings. The van der Waals surface area contributed by atoms with E-state index in [1.807, 2.05) is 0 Å². The molecule has 0 fully saturated rings. The van der Waals surface area contributed by atoms with Crippen molar-refractivity contribution in [3.8, 4) is 11.1 Å². The number of anilines is 2. The lowest BCUT2D eigenvalue weighted by Gasteiger charge is -2.15. The molecule has 0 unspecified atom stereocenters. The molecular formula is C19H15F4N3O3S. The number of nitrogens with zero attached hydrogens (tertiary/aromatic N) is 2. The van der Waals surface area contributed by atoms with E-state index < -0.39 is 33.9 Å². The summed E-state index contributed by atoms with van der Waals surface area (Å²) in [6, 6.07) is 10.3. The normalized spacial score (nSPS) is 12.0. The molecule has 0 spiro atoms. The average molecular weight is 441 g/mol. The predicted molar refractivity (Wildman–Crippen MR) is 103 cm³/mol. The topological polar surface area (TPSA) is 81.1 Å². The van der Waals surface area contributed by atoms with E-state index in [1.54, 1.807) is 0 Å². The van der Waals surface area contributed by atoms with Crippen LogP contribution in [-0.4, -0.2) is 30.6 Å². The van der Waals surface area contributed by atoms with Crippen LogP contribution in [0.25, 0.3) is 11.1 Å². The van der Waals surface area contributed by atoms with Crippen molar-refractivity contribution in [2.45, 2.75) is 17.6 Å². The Bertz CT molecular complexity index is 1220. The Morgan fingerprint density at radius 3 is 2.17 bits per heavy atom. The van der Waals surface area contributed by atoms with E-state index in [0.717, 1.165) is 24.6 Å². The van der Waals surface area contributed by atoms with Crippen molar-refractivity contribution in [3.63, 3.8) is 0 Å². The van der Waals surface area contributed by atoms with Gasteiger partial charge in [0.1, 0.15) is 18.0 Å². The van der Waals surface area contributed by atoms with Crippen LogP contribution in [0.2, 0.25) is 0 Å². The fourth-order valence-electron chi connectivity index (χ4n) is 2.67. The van der Waals surface area contributed by atoms with Gasteiger partial charge in [-0.25, -0.2) is 17.5 Å². The second-order valence-electron chi connectivity index (χ2n) is 6.44. The lowest BCUT2D eigenvalue weighted by Crippen LogP contribution is -2.31. The maximum atomic E-state index is 13.2. The van der Waals surface area contributed by atoms with Gasteiger partial charge in [-0.2, -0.15) is 18.3 Å². The summed E-state index contributed by atoms with van der Waals surface area (Å²) in [5.41, 5.74) is -0.472. The van der Waals surface area contributed by atoms with E-state index in [0.29, 0.717) is 5.56 Å². The highest BCUT2D eigenvalue weighted by Gasteiger charge is 2.30. The van der Waals surface area contributed by atoms with Crippen molar-refractivity contribution in [2.24, 2.45) is 0 Å². The van der Waals surface area contributed by atoms with Gasteiger partial charge in [0.25, 0.3) is 5.56 Å². The summed E-state index contributed by atoms with van der Waals surface area (Å²) in [5, 5.41) is 6.31. The minimum Gasteiger partial charge on any atom is -0.350 e. The van der Waals surface area contributed by atoms with Crippen molar-refractivity contribution in [1.82, 2.24) is 9.78 Å². The molecule has 0 bridgehead atoms. The number of sulfone groups is 1. The second-order valence-corrected chi connectivity index (χ2v) is 8.46. The number of nitrogens with one attached hydrogen (secondary N) is 1. The SMILES string of the molecule is CS(=O)(=O)c1ccc(-c2cnn(CC(F)(F)F)c(=O)c2Nc2ccc(F)cc2)cc1. The van der Waals surface area contributed by atoms with Crippen LogP contribution in [0.5, 0.6) is 0 Å². The lowest BCUT2D eigenvalue weighted by atomic mass is 10.1. The van der Waals surface area contributed by atoms with E-state index in [1.165, 1.54) is 36.4 Å². The number of alkyl halides is 3. The summed E-state index contributed by atoms with van der Waals surface area (Å²) in [5.74, 6) is -0.527. The minimum atomic E-state index is -4.66. The Hall–Kier alpha value is -3.21. The van der Waals surface area contributed by atoms with Gasteiger partial charge in [-0.05, 0) is 42.0 Å². The monoisotopic (exact) mass is 441 g/mol. The molecule has 3 rings (SSSR count). The number of aromatic nitrogens is 2. The lowest BCUT2D eigenvalue weighted by molar-refractivity contribution is -0.143. The molecule has 11 heteroatoms. The quantitative estimate of drug-likeness (QED) is 0.610. The summed E-state index contributed by atoms with van der Waals surface area (Å²) in [6.45, 7) is -1.59. The van der Waals surface area contributed by atoms with E-state index in [-0.39, 0.29) is 26.5 Å². The molecule has 0 aliphatic carbocycles. The highest BCUT2D eigenvalue weighted by atomic mass is 32.2. The first-order valence-electron chi connectivity index (χ1n) is 8.44. The molecule has 0 atom stereocenters. The first-order valence-corrected chi connectivity index (χ1v) is 10.3. The van der Waals surface area contributed by atoms with Crippen LogP contribution in [0.15, 0.2) is 64.4 Å². The van der Waals surface area contributed by atoms with Gasteiger partial charge < -0.3 is 5.32 Å². The van der Waals surface area contributed by atoms with E-state index in [4.69, 9.17) is 0 Å². The molecule has 1 N–H and O–H groups in total. The highest BCUT2D eigenvalue weighted by molar-refractivity contribution is 7.90. The fourth-order valence-corrected chi connectivity index (χ4v) is 3.30. The number of halogens is 4. The molecule has 6 nitrogen and oxygen atoms in total. The molecule has 0 aliphatic heterocycles. The molecule has 30 heavy (non-hydrogen) atoms. The van der Waals surface area contributed by atoms with Crippen molar-refractivity contribution >= 4 is 21.2 Å². The Labute approximate surface area is 168 Å². The molecule has 2 aromatic carbocycles. The highest BCUT2D eigenvalue weighted by Crippen LogP contribution is 2.28. The van der Waals surface area contributed by atoms with Crippen LogP contribution in [0.3, 0.4) is 0 Å². The van der Waals surface area contributed by atoms with Crippen molar-refractivity contribution in [2.75, 3.05) is 11.6 Å². The smallest absolute Gasteiger partial charge is 0.350 e. The molecule has 0 amide bonds. The van der Waals surface area contributed by atoms with Crippen molar-refractivity contribution in [3.05, 3.63) is 70.9 Å². The zero-order valence-corrected chi connectivity index (χ0v) is 16.3. The first kappa shape index (κ1) is 21.5. The Morgan fingerprint density at radius 1 is 1.03 bits per heavy atom. The average Bonchev–Trinajstić information content (AvgIpc) is 2.65. The van der Waals surface area contributed by atoms with Gasteiger partial charge in [-0.3, -0.25) is 4.79 Å². The third-order valence-electron chi connectivity index (χ3n) is 4.08. The second kappa shape index (κ2) is 7.90. The van der Waals surface area contributed by atoms with Crippen molar-refractivity contribution in [1.29, 1.82) is 0 Å². The third kappa shape index (κ3) is 5.03. The number of rotatable bonds is 5. The van der Waals surface area contributed by atoms with Gasteiger partial charge in [0.05, 0.1) is 11.1 Å². The summed E-state index contributed by atoms with van der Waals surface area (Å²) < 4.78 is 75.0. The Kier molecular flexibility index (Phi) is 5.66. The van der Waals surface area contributed by atoms with Gasteiger partial charge in [-0.1, -0.05) is 12.1 Å². The number of benzene rings is 2. The van der Waals surface area contributed by atoms with Gasteiger partial charge in [0, 0.05) is 17.5 Å². The van der Waals surface area contributed by atoms with Crippen LogP contribution in [0.1, 0.15) is 0 Å². The predicted octanol–water partition coefficient (Wildman–Crippen LogP) is 3.76. The summed E-state index contributed by atoms with van der Waals surface area (Å²) in [4.78, 5) is 12.7. The van der Waals surface area contributed by atoms with Gasteiger partial charge in [0.2, 0.25) is 0 Å². The number of hydrogen-bond donors (Lipinski definition) is 1. The Balaban J connectivity index is 2.12. The van der Waals surface area contributed by atoms with Crippen LogP contribution in [0, 0.1) is 5.82 Å². The van der Waals surface area contributed by atoms with Gasteiger partial charge in [0.15, 0.2) is 9.84 Å². The molecular weight excluding hydrogens is 426 g/mol. The van der Waals surface area contributed by atoms with E-state index in [9.17, 15) is 30.8 Å². The molecule has 158 valence electrons. The summed E-state index contributed by atoms with van der Waals surface area (Å²) >= 11 is 0. The summed E-state index contributed by atoms with van der Waals surface area (Å²) in [7, 11) is -3.46.